The summed E-state index contributed by atoms with van der Waals surface area (Å²) in [6.45, 7) is 6.44. The number of carbonyl (C=O) groups is 2. The number of nitrogens with one attached hydrogen (secondary N) is 2. The molecule has 0 bridgehead atoms. The smallest absolute Gasteiger partial charge is 0.217 e. The van der Waals surface area contributed by atoms with Gasteiger partial charge in [-0.05, 0) is 58.5 Å². The fourth-order valence-electron chi connectivity index (χ4n) is 3.60. The van der Waals surface area contributed by atoms with E-state index in [4.69, 9.17) is 11.5 Å². The van der Waals surface area contributed by atoms with Crippen molar-refractivity contribution >= 4 is 34.5 Å². The Labute approximate surface area is 227 Å². The van der Waals surface area contributed by atoms with E-state index in [9.17, 15) is 9.59 Å². The van der Waals surface area contributed by atoms with Gasteiger partial charge in [0, 0.05) is 30.5 Å². The van der Waals surface area contributed by atoms with Crippen LogP contribution in [-0.2, 0) is 9.59 Å². The number of aromatic nitrogens is 3. The SMILES string of the molecule is CC(=O)N[C@@H](CCCCN)c1ncc(C)s1.CC(=O)N[C@@H](CCCCN)c1nnc(-c2ccccc2)s1. The van der Waals surface area contributed by atoms with Crippen LogP contribution < -0.4 is 22.1 Å². The van der Waals surface area contributed by atoms with Crippen LogP contribution in [-0.4, -0.2) is 40.1 Å². The molecular formula is C26H39N7O2S2. The molecule has 0 unspecified atom stereocenters. The molecule has 0 fully saturated rings. The maximum atomic E-state index is 11.4. The zero-order valence-corrected chi connectivity index (χ0v) is 23.5. The fraction of sp³-hybridized carbons (Fsp3) is 0.500. The van der Waals surface area contributed by atoms with Crippen LogP contribution in [0.4, 0.5) is 0 Å². The molecule has 0 saturated heterocycles. The van der Waals surface area contributed by atoms with Crippen LogP contribution in [0.15, 0.2) is 36.5 Å². The van der Waals surface area contributed by atoms with E-state index in [-0.39, 0.29) is 23.9 Å². The number of rotatable bonds is 13. The maximum Gasteiger partial charge on any atom is 0.217 e. The van der Waals surface area contributed by atoms with Crippen molar-refractivity contribution in [2.75, 3.05) is 13.1 Å². The lowest BCUT2D eigenvalue weighted by Gasteiger charge is -2.14. The van der Waals surface area contributed by atoms with E-state index >= 15 is 0 Å². The van der Waals surface area contributed by atoms with Crippen molar-refractivity contribution in [3.8, 4) is 10.6 Å². The van der Waals surface area contributed by atoms with E-state index in [0.717, 1.165) is 59.1 Å². The first-order valence-corrected chi connectivity index (χ1v) is 14.2. The van der Waals surface area contributed by atoms with Crippen molar-refractivity contribution in [3.63, 3.8) is 0 Å². The Hall–Kier alpha value is -2.73. The first-order valence-electron chi connectivity index (χ1n) is 12.6. The highest BCUT2D eigenvalue weighted by Gasteiger charge is 2.18. The Kier molecular flexibility index (Phi) is 13.9. The Bertz CT molecular complexity index is 1070. The second kappa shape index (κ2) is 16.9. The van der Waals surface area contributed by atoms with Gasteiger partial charge in [-0.25, -0.2) is 4.98 Å². The first kappa shape index (κ1) is 30.5. The minimum atomic E-state index is -0.0796. The molecule has 0 aliphatic carbocycles. The van der Waals surface area contributed by atoms with Gasteiger partial charge in [0.05, 0.1) is 12.1 Å². The zero-order chi connectivity index (χ0) is 27.0. The van der Waals surface area contributed by atoms with E-state index in [1.54, 1.807) is 11.3 Å². The summed E-state index contributed by atoms with van der Waals surface area (Å²) in [7, 11) is 0. The van der Waals surface area contributed by atoms with Crippen LogP contribution in [0.2, 0.25) is 0 Å². The molecular weight excluding hydrogens is 506 g/mol. The number of amides is 2. The molecule has 202 valence electrons. The molecule has 0 aliphatic heterocycles. The number of hydrogen-bond donors (Lipinski definition) is 4. The van der Waals surface area contributed by atoms with Gasteiger partial charge in [-0.3, -0.25) is 9.59 Å². The summed E-state index contributed by atoms with van der Waals surface area (Å²) in [6, 6.07) is 9.90. The van der Waals surface area contributed by atoms with Gasteiger partial charge in [0.25, 0.3) is 0 Å². The number of carbonyl (C=O) groups excluding carboxylic acids is 2. The van der Waals surface area contributed by atoms with Gasteiger partial charge in [-0.1, -0.05) is 41.7 Å². The monoisotopic (exact) mass is 545 g/mol. The summed E-state index contributed by atoms with van der Waals surface area (Å²) in [5, 5.41) is 17.1. The maximum absolute atomic E-state index is 11.4. The average molecular weight is 546 g/mol. The number of aryl methyl sites for hydroxylation is 1. The molecule has 9 nitrogen and oxygen atoms in total. The molecule has 2 amide bonds. The van der Waals surface area contributed by atoms with E-state index in [1.807, 2.05) is 43.5 Å². The molecule has 0 spiro atoms. The summed E-state index contributed by atoms with van der Waals surface area (Å²) >= 11 is 3.16. The predicted octanol–water partition coefficient (Wildman–Crippen LogP) is 4.27. The average Bonchev–Trinajstić information content (AvgIpc) is 3.53. The van der Waals surface area contributed by atoms with Gasteiger partial charge in [0.2, 0.25) is 11.8 Å². The van der Waals surface area contributed by atoms with Gasteiger partial charge in [0.15, 0.2) is 0 Å². The number of benzene rings is 1. The Morgan fingerprint density at radius 2 is 1.41 bits per heavy atom. The first-order chi connectivity index (χ1) is 17.8. The van der Waals surface area contributed by atoms with E-state index in [2.05, 4.69) is 25.8 Å². The minimum absolute atomic E-state index is 0.00870. The topological polar surface area (TPSA) is 149 Å². The summed E-state index contributed by atoms with van der Waals surface area (Å²) in [5.41, 5.74) is 12.0. The summed E-state index contributed by atoms with van der Waals surface area (Å²) < 4.78 is 0. The van der Waals surface area contributed by atoms with Crippen molar-refractivity contribution in [1.82, 2.24) is 25.8 Å². The van der Waals surface area contributed by atoms with Gasteiger partial charge in [-0.15, -0.1) is 21.5 Å². The second-order valence-corrected chi connectivity index (χ2v) is 11.0. The third-order valence-electron chi connectivity index (χ3n) is 5.35. The van der Waals surface area contributed by atoms with Crippen molar-refractivity contribution in [2.45, 2.75) is 71.4 Å². The molecule has 2 heterocycles. The zero-order valence-electron chi connectivity index (χ0n) is 21.9. The summed E-state index contributed by atoms with van der Waals surface area (Å²) in [4.78, 5) is 28.0. The van der Waals surface area contributed by atoms with Crippen LogP contribution >= 0.6 is 22.7 Å². The molecule has 3 aromatic rings. The Morgan fingerprint density at radius 1 is 0.838 bits per heavy atom. The third-order valence-corrected chi connectivity index (χ3v) is 7.46. The van der Waals surface area contributed by atoms with Crippen LogP contribution in [0, 0.1) is 6.92 Å². The molecule has 2 aromatic heterocycles. The summed E-state index contributed by atoms with van der Waals surface area (Å²) in [6.07, 6.45) is 7.49. The highest BCUT2D eigenvalue weighted by molar-refractivity contribution is 7.14. The quantitative estimate of drug-likeness (QED) is 0.234. The number of nitrogens with zero attached hydrogens (tertiary/aromatic N) is 3. The fourth-order valence-corrected chi connectivity index (χ4v) is 5.39. The highest BCUT2D eigenvalue weighted by Crippen LogP contribution is 2.29. The molecule has 37 heavy (non-hydrogen) atoms. The van der Waals surface area contributed by atoms with Gasteiger partial charge in [-0.2, -0.15) is 0 Å². The van der Waals surface area contributed by atoms with Gasteiger partial charge < -0.3 is 22.1 Å². The van der Waals surface area contributed by atoms with Crippen LogP contribution in [0.5, 0.6) is 0 Å². The normalized spacial score (nSPS) is 12.2. The second-order valence-electron chi connectivity index (χ2n) is 8.70. The summed E-state index contributed by atoms with van der Waals surface area (Å²) in [5.74, 6) is -0.0604. The number of hydrogen-bond acceptors (Lipinski definition) is 9. The molecule has 0 radical (unpaired) electrons. The molecule has 0 saturated carbocycles. The Balaban J connectivity index is 0.000000271. The molecule has 0 aliphatic rings. The van der Waals surface area contributed by atoms with Crippen LogP contribution in [0.25, 0.3) is 10.6 Å². The third kappa shape index (κ3) is 11.5. The lowest BCUT2D eigenvalue weighted by atomic mass is 10.1. The number of nitrogens with two attached hydrogens (primary N) is 2. The molecule has 11 heteroatoms. The van der Waals surface area contributed by atoms with Crippen LogP contribution in [0.3, 0.4) is 0 Å². The molecule has 3 rings (SSSR count). The number of unbranched alkanes of at least 4 members (excludes halogenated alkanes) is 2. The van der Waals surface area contributed by atoms with Crippen molar-refractivity contribution < 1.29 is 9.59 Å². The van der Waals surface area contributed by atoms with Crippen molar-refractivity contribution in [3.05, 3.63) is 51.4 Å². The lowest BCUT2D eigenvalue weighted by molar-refractivity contribution is -0.120. The largest absolute Gasteiger partial charge is 0.347 e. The standard InChI is InChI=1S/C15H20N4OS.C11H19N3OS/c1-11(20)17-13(9-5-6-10-16)15-19-18-14(21-15)12-7-3-2-4-8-12;1-8-7-13-11(16-8)10(14-9(2)15)5-3-4-6-12/h2-4,7-8,13H,5-6,9-10,16H2,1H3,(H,17,20);7,10H,3-6,12H2,1-2H3,(H,14,15)/t13-;10-/m00/s1. The van der Waals surface area contributed by atoms with Gasteiger partial charge >= 0.3 is 0 Å². The van der Waals surface area contributed by atoms with Crippen LogP contribution in [0.1, 0.15) is 79.3 Å². The van der Waals surface area contributed by atoms with E-state index in [1.165, 1.54) is 30.1 Å². The van der Waals surface area contributed by atoms with E-state index in [0.29, 0.717) is 13.1 Å². The minimum Gasteiger partial charge on any atom is -0.347 e. The lowest BCUT2D eigenvalue weighted by Crippen LogP contribution is -2.26. The highest BCUT2D eigenvalue weighted by atomic mass is 32.1. The predicted molar refractivity (Wildman–Crippen MR) is 151 cm³/mol. The van der Waals surface area contributed by atoms with Gasteiger partial charge in [0.1, 0.15) is 15.0 Å². The van der Waals surface area contributed by atoms with E-state index < -0.39 is 0 Å². The van der Waals surface area contributed by atoms with Crippen molar-refractivity contribution in [2.24, 2.45) is 11.5 Å². The molecule has 6 N–H and O–H groups in total. The Morgan fingerprint density at radius 3 is 1.89 bits per heavy atom. The molecule has 1 aromatic carbocycles. The molecule has 2 atom stereocenters. The number of thiazole rings is 1. The van der Waals surface area contributed by atoms with Crippen molar-refractivity contribution in [1.29, 1.82) is 0 Å².